The molecule has 2 aliphatic heterocycles. The third kappa shape index (κ3) is 32.2. The van der Waals surface area contributed by atoms with Crippen LogP contribution in [0, 0.1) is 46.5 Å². The van der Waals surface area contributed by atoms with Gasteiger partial charge in [0.15, 0.2) is 0 Å². The molecule has 0 bridgehead atoms. The molecule has 0 radical (unpaired) electrons. The van der Waals surface area contributed by atoms with Gasteiger partial charge in [-0.25, -0.2) is 4.98 Å². The molecule has 80 heavy (non-hydrogen) atoms. The number of nitrogens with one attached hydrogen (secondary N) is 1. The number of Topliss-reactive ketones (excluding diaryl/α,β-unsaturated/α-hetero) is 2. The third-order valence-electron chi connectivity index (χ3n) is 13.5. The van der Waals surface area contributed by atoms with E-state index in [4.69, 9.17) is 14.5 Å². The van der Waals surface area contributed by atoms with Crippen molar-refractivity contribution in [3.05, 3.63) is 99.9 Å². The highest BCUT2D eigenvalue weighted by atomic mass is 16.6. The number of anilines is 1. The number of hydrogen-bond acceptors (Lipinski definition) is 11. The summed E-state index contributed by atoms with van der Waals surface area (Å²) in [4.78, 5) is 59.8. The molecule has 5 rings (SSSR count). The molecule has 1 aromatic heterocycles. The minimum atomic E-state index is -0.387. The highest BCUT2D eigenvalue weighted by Gasteiger charge is 2.35. The number of ketones is 2. The first kappa shape index (κ1) is 76.7. The number of pyridine rings is 1. The van der Waals surface area contributed by atoms with E-state index >= 15 is 0 Å². The summed E-state index contributed by atoms with van der Waals surface area (Å²) in [6.45, 7) is 57.6. The van der Waals surface area contributed by atoms with Crippen LogP contribution in [-0.4, -0.2) is 107 Å². The molecule has 1 amide bonds. The van der Waals surface area contributed by atoms with Crippen LogP contribution in [0.3, 0.4) is 0 Å². The fourth-order valence-electron chi connectivity index (χ4n) is 8.49. The van der Waals surface area contributed by atoms with E-state index in [1.807, 2.05) is 61.6 Å². The molecule has 3 heterocycles. The van der Waals surface area contributed by atoms with Crippen molar-refractivity contribution in [2.24, 2.45) is 16.8 Å². The smallest absolute Gasteiger partial charge is 0.303 e. The van der Waals surface area contributed by atoms with Gasteiger partial charge in [0.1, 0.15) is 22.8 Å². The zero-order valence-electron chi connectivity index (χ0n) is 55.4. The van der Waals surface area contributed by atoms with Crippen LogP contribution in [0.25, 0.3) is 0 Å². The zero-order valence-corrected chi connectivity index (χ0v) is 55.4. The summed E-state index contributed by atoms with van der Waals surface area (Å²) in [6.07, 6.45) is 17.9. The Morgan fingerprint density at radius 3 is 1.86 bits per heavy atom. The first-order chi connectivity index (χ1) is 37.5. The quantitative estimate of drug-likeness (QED) is 0.0873. The Hall–Kier alpha value is -5.36. The fraction of sp³-hybridized carbons (Fsp3) is 0.647. The van der Waals surface area contributed by atoms with Gasteiger partial charge in [-0.15, -0.1) is 0 Å². The summed E-state index contributed by atoms with van der Waals surface area (Å²) in [6, 6.07) is 7.38. The van der Waals surface area contributed by atoms with Crippen molar-refractivity contribution in [1.82, 2.24) is 20.1 Å². The number of carbonyl (C=O) groups excluding carboxylic acids is 4. The van der Waals surface area contributed by atoms with Crippen LogP contribution < -0.4 is 15.0 Å². The number of allylic oxidation sites excluding steroid dienone is 6. The zero-order chi connectivity index (χ0) is 61.9. The molecule has 2 fully saturated rings. The van der Waals surface area contributed by atoms with Gasteiger partial charge in [0.05, 0.1) is 6.61 Å². The van der Waals surface area contributed by atoms with Gasteiger partial charge in [-0.2, -0.15) is 0 Å². The number of hydrogen-bond donors (Lipinski definition) is 1. The van der Waals surface area contributed by atoms with E-state index in [-0.39, 0.29) is 34.7 Å². The van der Waals surface area contributed by atoms with Crippen LogP contribution >= 0.6 is 0 Å². The number of esters is 1. The molecule has 1 N–H and O–H groups in total. The molecular weight excluding hydrogens is 997 g/mol. The molecule has 1 aliphatic carbocycles. The van der Waals surface area contributed by atoms with E-state index in [1.165, 1.54) is 65.6 Å². The summed E-state index contributed by atoms with van der Waals surface area (Å²) in [5.74, 6) is 2.04. The molecule has 12 heteroatoms. The molecule has 2 unspecified atom stereocenters. The van der Waals surface area contributed by atoms with E-state index in [0.29, 0.717) is 30.7 Å². The van der Waals surface area contributed by atoms with Crippen molar-refractivity contribution in [3.8, 4) is 5.88 Å². The summed E-state index contributed by atoms with van der Waals surface area (Å²) in [7, 11) is 0. The van der Waals surface area contributed by atoms with Crippen molar-refractivity contribution in [2.45, 2.75) is 235 Å². The van der Waals surface area contributed by atoms with Gasteiger partial charge >= 0.3 is 5.97 Å². The molecule has 1 aromatic carbocycles. The van der Waals surface area contributed by atoms with Crippen molar-refractivity contribution in [3.63, 3.8) is 0 Å². The molecule has 0 saturated carbocycles. The van der Waals surface area contributed by atoms with Crippen LogP contribution in [0.4, 0.5) is 5.69 Å². The molecule has 454 valence electrons. The summed E-state index contributed by atoms with van der Waals surface area (Å²) in [5.41, 5.74) is 11.8. The number of benzene rings is 1. The van der Waals surface area contributed by atoms with Gasteiger partial charge in [-0.3, -0.25) is 19.5 Å². The van der Waals surface area contributed by atoms with Crippen molar-refractivity contribution >= 4 is 34.8 Å². The third-order valence-corrected chi connectivity index (χ3v) is 13.5. The minimum Gasteiger partial charge on any atom is -0.477 e. The number of amides is 1. The molecule has 2 saturated heterocycles. The number of rotatable bonds is 18. The number of aryl methyl sites for hydroxylation is 3. The normalized spacial score (nSPS) is 15.7. The van der Waals surface area contributed by atoms with E-state index < -0.39 is 0 Å². The second kappa shape index (κ2) is 40.8. The molecule has 3 aliphatic rings. The summed E-state index contributed by atoms with van der Waals surface area (Å²) >= 11 is 0. The number of piperazine rings is 1. The monoisotopic (exact) mass is 1110 g/mol. The predicted molar refractivity (Wildman–Crippen MR) is 342 cm³/mol. The van der Waals surface area contributed by atoms with Crippen LogP contribution in [-0.2, 0) is 23.9 Å². The standard InChI is InChI=1S/C35H53N5O.C11H17NO.C9H16O.C6H12O2.C3H6O.2C2H6/c1-8-11-29(9-2)33(10-3)37-35(6,7)36-30-15-13-28(14-16-30)23-34(41)39-20-18-38(19-21-39)32-24-40(25-32)31-17-12-26(4)27(5)22-31;1-5-6-13-11-10(4)9(3)8(2)7-12-11;1-7(2)8(3)5-6-9(4)10;1-5(7)8-6(2,3)4;1-3(2)4;2*1-2/h9,12-13,15-17,22,28,32,36H,8,10-11,14,18-21,23-25H2,1-7H3;7H,5-6H2,1-4H3;8H,1,5-6H2,2-4H3;1-4H3;1-2H3;2*1-2H3/b29-9-,37-33-;;;;;;. The van der Waals surface area contributed by atoms with Crippen molar-refractivity contribution in [2.75, 3.05) is 50.8 Å². The lowest BCUT2D eigenvalue weighted by Crippen LogP contribution is -2.63. The summed E-state index contributed by atoms with van der Waals surface area (Å²) < 4.78 is 10.3. The second-order valence-electron chi connectivity index (χ2n) is 22.6. The van der Waals surface area contributed by atoms with Gasteiger partial charge in [-0.05, 0) is 194 Å². The Bertz CT molecular complexity index is 2280. The lowest BCUT2D eigenvalue weighted by molar-refractivity contribution is -0.152. The minimum absolute atomic E-state index is 0.167. The predicted octanol–water partition coefficient (Wildman–Crippen LogP) is 15.8. The Balaban J connectivity index is 0. The van der Waals surface area contributed by atoms with Crippen LogP contribution in [0.15, 0.2) is 77.1 Å². The lowest BCUT2D eigenvalue weighted by atomic mass is 9.94. The lowest BCUT2D eigenvalue weighted by Gasteiger charge is -2.49. The maximum absolute atomic E-state index is 13.1. The van der Waals surface area contributed by atoms with Gasteiger partial charge in [0.2, 0.25) is 11.8 Å². The SMILES string of the molecule is C/C=C(CCC)\C(CC)=N/C(C)(C)NC1=CCC(CC(=O)N2CCN(C3CN(c4ccc(C)c(C)c4)C3)CC2)C=C1.C=C(C)C(C)CCC(C)=O.CC.CC.CC(=O)OC(C)(C)C.CC(C)=O.CCCOc1ncc(C)c(C)c1C. The molecule has 2 aromatic rings. The fourth-order valence-corrected chi connectivity index (χ4v) is 8.49. The molecular formula is C68H116N6O6. The molecule has 0 spiro atoms. The van der Waals surface area contributed by atoms with Crippen LogP contribution in [0.5, 0.6) is 5.88 Å². The van der Waals surface area contributed by atoms with Gasteiger partial charge < -0.3 is 34.2 Å². The number of aromatic nitrogens is 1. The van der Waals surface area contributed by atoms with Gasteiger partial charge in [0.25, 0.3) is 0 Å². The van der Waals surface area contributed by atoms with Gasteiger partial charge in [0, 0.05) is 93.9 Å². The number of carbonyl (C=O) groups is 4. The number of ether oxygens (including phenoxy) is 2. The molecule has 12 nitrogen and oxygen atoms in total. The second-order valence-corrected chi connectivity index (χ2v) is 22.6. The maximum atomic E-state index is 13.1. The van der Waals surface area contributed by atoms with Gasteiger partial charge in [-0.1, -0.05) is 98.3 Å². The highest BCUT2D eigenvalue weighted by Crippen LogP contribution is 2.28. The van der Waals surface area contributed by atoms with Crippen LogP contribution in [0.2, 0.25) is 0 Å². The van der Waals surface area contributed by atoms with E-state index in [0.717, 1.165) is 102 Å². The average Bonchev–Trinajstić information content (AvgIpc) is 3.37. The first-order valence-corrected chi connectivity index (χ1v) is 30.1. The Morgan fingerprint density at radius 1 is 0.838 bits per heavy atom. The average molecular weight is 1110 g/mol. The number of aliphatic imine (C=N–C) groups is 1. The van der Waals surface area contributed by atoms with E-state index in [9.17, 15) is 19.2 Å². The Morgan fingerprint density at radius 2 is 1.43 bits per heavy atom. The van der Waals surface area contributed by atoms with Crippen molar-refractivity contribution in [1.29, 1.82) is 0 Å². The Labute approximate surface area is 489 Å². The highest BCUT2D eigenvalue weighted by molar-refractivity contribution is 6.00. The number of nitrogens with zero attached hydrogens (tertiary/aromatic N) is 5. The van der Waals surface area contributed by atoms with E-state index in [1.54, 1.807) is 6.92 Å². The Kier molecular flexibility index (Phi) is 39.1. The van der Waals surface area contributed by atoms with E-state index in [2.05, 4.69) is 157 Å². The first-order valence-electron chi connectivity index (χ1n) is 30.1. The topological polar surface area (TPSA) is 134 Å². The molecule has 2 atom stereocenters. The van der Waals surface area contributed by atoms with Crippen molar-refractivity contribution < 1.29 is 28.7 Å². The van der Waals surface area contributed by atoms with Crippen LogP contribution in [0.1, 0.15) is 211 Å². The maximum Gasteiger partial charge on any atom is 0.303 e. The summed E-state index contributed by atoms with van der Waals surface area (Å²) in [5, 5.41) is 3.62. The largest absolute Gasteiger partial charge is 0.477 e.